The van der Waals surface area contributed by atoms with Crippen molar-refractivity contribution in [2.24, 2.45) is 0 Å². The van der Waals surface area contributed by atoms with Gasteiger partial charge in [0.15, 0.2) is 0 Å². The van der Waals surface area contributed by atoms with Gasteiger partial charge in [-0.05, 0) is 36.4 Å². The van der Waals surface area contributed by atoms with Crippen LogP contribution in [-0.2, 0) is 58.0 Å². The first kappa shape index (κ1) is 63.6. The molecule has 0 aliphatic carbocycles. The van der Waals surface area contributed by atoms with Crippen molar-refractivity contribution in [1.29, 1.82) is 0 Å². The fraction of sp³-hybridized carbons (Fsp3) is 0.273. The number of nitrogens with zero attached hydrogens (tertiary/aromatic N) is 6. The summed E-state index contributed by atoms with van der Waals surface area (Å²) in [7, 11) is 0. The van der Waals surface area contributed by atoms with E-state index < -0.39 is 88.9 Å². The van der Waals surface area contributed by atoms with Crippen molar-refractivity contribution in [2.75, 3.05) is 34.7 Å². The molecule has 0 saturated carbocycles. The number of carbonyl (C=O) groups is 9. The maximum atomic E-state index is 12.3. The Morgan fingerprint density at radius 2 is 0.586 bits per heavy atom. The van der Waals surface area contributed by atoms with Gasteiger partial charge >= 0.3 is 88.9 Å². The maximum absolute atomic E-state index is 12.3. The Bertz CT molecular complexity index is 2070. The fourth-order valence-corrected chi connectivity index (χ4v) is 4.14. The molecule has 0 atom stereocenters. The van der Waals surface area contributed by atoms with Crippen molar-refractivity contribution >= 4 is 70.1 Å². The van der Waals surface area contributed by atoms with Crippen LogP contribution in [0.25, 0.3) is 0 Å². The molecule has 1 fully saturated rings. The van der Waals surface area contributed by atoms with Gasteiger partial charge in [-0.25, -0.2) is 44.2 Å². The molecule has 0 N–H and O–H groups in total. The number of hydrogen-bond acceptors (Lipinski definition) is 18. The summed E-state index contributed by atoms with van der Waals surface area (Å²) in [5.41, 5.74) is 0. The molecule has 0 amide bonds. The predicted molar refractivity (Wildman–Crippen MR) is 179 cm³/mol. The molecular weight excluding hydrogens is 1170 g/mol. The number of Topliss-reactive ketones (excluding diaryl/α,β-unsaturated/α-hetero) is 6. The van der Waals surface area contributed by atoms with Crippen molar-refractivity contribution in [2.45, 2.75) is 36.3 Å². The molecule has 1 saturated heterocycles. The maximum Gasteiger partial charge on any atom is 0.456 e. The Morgan fingerprint density at radius 1 is 0.386 bits per heavy atom. The molecule has 0 bridgehead atoms. The van der Waals surface area contributed by atoms with Gasteiger partial charge in [-0.3, -0.25) is 28.8 Å². The Hall–Kier alpha value is -6.40. The molecule has 1 aliphatic heterocycles. The number of alkyl halides is 15. The van der Waals surface area contributed by atoms with Gasteiger partial charge < -0.3 is 14.7 Å². The number of rotatable bonds is 12. The number of anilines is 3. The zero-order chi connectivity index (χ0) is 53.5. The van der Waals surface area contributed by atoms with Gasteiger partial charge in [0.05, 0.1) is 20.0 Å². The summed E-state index contributed by atoms with van der Waals surface area (Å²) in [5, 5.41) is 0. The normalized spacial score (nSPS) is 12.9. The number of pyridine rings is 3. The van der Waals surface area contributed by atoms with Gasteiger partial charge in [-0.1, -0.05) is 18.2 Å². The second-order valence-corrected chi connectivity index (χ2v) is 11.9. The Labute approximate surface area is 414 Å². The molecule has 1 aliphatic rings. The molecule has 4 heterocycles. The topological polar surface area (TPSA) is 230 Å². The van der Waals surface area contributed by atoms with Crippen molar-refractivity contribution < 1.29 is 187 Å². The summed E-state index contributed by atoms with van der Waals surface area (Å²) in [6.45, 7) is 2.20. The summed E-state index contributed by atoms with van der Waals surface area (Å²) < 4.78 is 209. The summed E-state index contributed by atoms with van der Waals surface area (Å²) in [5.74, 6) is -43.9. The summed E-state index contributed by atoms with van der Waals surface area (Å²) >= 11 is 0. The number of ketones is 6. The third-order valence-corrected chi connectivity index (χ3v) is 7.19. The molecule has 1 radical (unpaired) electrons. The number of hydrogen-bond donors (Lipinski definition) is 0. The second kappa shape index (κ2) is 26.0. The zero-order valence-electron chi connectivity index (χ0n) is 32.8. The molecule has 3 aromatic rings. The zero-order valence-corrected chi connectivity index (χ0v) is 35.2. The minimum absolute atomic E-state index is 0. The van der Waals surface area contributed by atoms with Gasteiger partial charge in [-0.2, -0.15) is 65.9 Å². The first-order valence-corrected chi connectivity index (χ1v) is 16.6. The van der Waals surface area contributed by atoms with Crippen LogP contribution in [0.3, 0.4) is 0 Å². The van der Waals surface area contributed by atoms with E-state index in [0.717, 1.165) is 37.5 Å². The molecule has 385 valence electrons. The Balaban J connectivity index is 0.000000932. The first-order valence-electron chi connectivity index (χ1n) is 16.6. The Kier molecular flexibility index (Phi) is 23.6. The SMILES string of the molecule is O=C(OF)C(=O)C(F)(F)C(=O)C(F)(F)F.O=C(OF)C(=O)C(F)(F)C(=O)C(F)(F)F.O=C(OF)C(=O)C(F)(F)C(=O)C(F)(F)F.[Eu].c1ccc(N2CN(c3ccccn3)CN(c3ccccn3)C2)nc1. The van der Waals surface area contributed by atoms with Crippen molar-refractivity contribution in [3.8, 4) is 0 Å². The van der Waals surface area contributed by atoms with Crippen molar-refractivity contribution in [3.63, 3.8) is 0 Å². The predicted octanol–water partition coefficient (Wildman–Crippen LogP) is 4.83. The number of halogens is 18. The van der Waals surface area contributed by atoms with E-state index in [1.165, 1.54) is 0 Å². The van der Waals surface area contributed by atoms with Crippen LogP contribution in [0, 0.1) is 49.4 Å². The van der Waals surface area contributed by atoms with Gasteiger partial charge in [0.25, 0.3) is 0 Å². The molecule has 4 rings (SSSR count). The average Bonchev–Trinajstić information content (AvgIpc) is 3.31. The number of carbonyl (C=O) groups excluding carboxylic acids is 9. The van der Waals surface area contributed by atoms with Gasteiger partial charge in [-0.15, -0.1) is 0 Å². The molecular formula is C33H18EuF18N6O12. The van der Waals surface area contributed by atoms with Crippen LogP contribution in [0.15, 0.2) is 73.2 Å². The first-order chi connectivity index (χ1) is 31.5. The van der Waals surface area contributed by atoms with E-state index in [2.05, 4.69) is 29.7 Å². The standard InChI is InChI=1S/C18H18N6.3C5F6O4.Eu/c1-4-10-19-16(7-1)22-13-23(17-8-2-5-11-20-17)15-24(14-22)18-9-3-6-12-21-18;3*6-4(7,1(12)2(13)15-11)3(14)5(8,9)10;/h1-12H,13-15H2;;;;. The van der Waals surface area contributed by atoms with Crippen LogP contribution in [0.4, 0.5) is 96.9 Å². The number of aromatic nitrogens is 3. The quantitative estimate of drug-likeness (QED) is 0.134. The molecule has 70 heavy (non-hydrogen) atoms. The van der Waals surface area contributed by atoms with E-state index >= 15 is 0 Å². The summed E-state index contributed by atoms with van der Waals surface area (Å²) in [6.07, 6.45) is -12.6. The van der Waals surface area contributed by atoms with Crippen LogP contribution in [0.2, 0.25) is 0 Å². The largest absolute Gasteiger partial charge is 0.456 e. The van der Waals surface area contributed by atoms with Gasteiger partial charge in [0, 0.05) is 81.5 Å². The van der Waals surface area contributed by atoms with E-state index in [4.69, 9.17) is 0 Å². The van der Waals surface area contributed by atoms with E-state index in [1.807, 2.05) is 88.0 Å². The average molecular weight is 1180 g/mol. The van der Waals surface area contributed by atoms with E-state index in [-0.39, 0.29) is 49.4 Å². The van der Waals surface area contributed by atoms with E-state index in [9.17, 15) is 123 Å². The fourth-order valence-electron chi connectivity index (χ4n) is 4.14. The molecule has 0 spiro atoms. The molecule has 0 unspecified atom stereocenters. The molecule has 18 nitrogen and oxygen atoms in total. The molecule has 37 heteroatoms. The van der Waals surface area contributed by atoms with Crippen molar-refractivity contribution in [3.05, 3.63) is 73.2 Å². The third-order valence-electron chi connectivity index (χ3n) is 7.19. The third kappa shape index (κ3) is 17.5. The summed E-state index contributed by atoms with van der Waals surface area (Å²) in [4.78, 5) is 116. The van der Waals surface area contributed by atoms with Crippen LogP contribution in [-0.4, -0.2) is 124 Å². The van der Waals surface area contributed by atoms with Crippen molar-refractivity contribution in [1.82, 2.24) is 15.0 Å². The van der Waals surface area contributed by atoms with Crippen LogP contribution >= 0.6 is 0 Å². The van der Waals surface area contributed by atoms with Crippen LogP contribution in [0.5, 0.6) is 0 Å². The van der Waals surface area contributed by atoms with E-state index in [0.29, 0.717) is 0 Å². The Morgan fingerprint density at radius 3 is 0.729 bits per heavy atom. The van der Waals surface area contributed by atoms with Crippen LogP contribution < -0.4 is 14.7 Å². The van der Waals surface area contributed by atoms with E-state index in [1.54, 1.807) is 0 Å². The second-order valence-electron chi connectivity index (χ2n) is 11.9. The minimum Gasteiger partial charge on any atom is -0.321 e. The van der Waals surface area contributed by atoms with Crippen LogP contribution in [0.1, 0.15) is 0 Å². The monoisotopic (exact) mass is 1180 g/mol. The minimum atomic E-state index is -6.03. The smallest absolute Gasteiger partial charge is 0.321 e. The summed E-state index contributed by atoms with van der Waals surface area (Å²) in [6, 6.07) is 17.9. The van der Waals surface area contributed by atoms with Gasteiger partial charge in [0.2, 0.25) is 0 Å². The molecule has 0 aromatic carbocycles. The van der Waals surface area contributed by atoms with Gasteiger partial charge in [0.1, 0.15) is 17.5 Å². The molecule has 3 aromatic heterocycles.